The van der Waals surface area contributed by atoms with Gasteiger partial charge in [-0.1, -0.05) is 46.0 Å². The maximum Gasteiger partial charge on any atom is 0.256 e. The number of nitrogens with one attached hydrogen (secondary N) is 1. The Morgan fingerprint density at radius 1 is 0.938 bits per heavy atom. The van der Waals surface area contributed by atoms with Gasteiger partial charge in [0.25, 0.3) is 5.91 Å². The van der Waals surface area contributed by atoms with Gasteiger partial charge >= 0.3 is 0 Å². The zero-order chi connectivity index (χ0) is 22.8. The lowest BCUT2D eigenvalue weighted by atomic mass is 9.98. The van der Waals surface area contributed by atoms with Crippen molar-refractivity contribution in [3.05, 3.63) is 23.8 Å². The summed E-state index contributed by atoms with van der Waals surface area (Å²) >= 11 is 0. The van der Waals surface area contributed by atoms with Gasteiger partial charge in [-0.15, -0.1) is 0 Å². The molecule has 5 nitrogen and oxygen atoms in total. The van der Waals surface area contributed by atoms with E-state index < -0.39 is 0 Å². The fourth-order valence-electron chi connectivity index (χ4n) is 4.87. The zero-order valence-corrected chi connectivity index (χ0v) is 20.3. The van der Waals surface area contributed by atoms with E-state index in [1.165, 1.54) is 44.9 Å². The molecule has 0 radical (unpaired) electrons. The van der Waals surface area contributed by atoms with Gasteiger partial charge in [0.1, 0.15) is 0 Å². The normalized spacial score (nSPS) is 17.4. The molecule has 3 rings (SSSR count). The minimum atomic E-state index is 0.0522. The van der Waals surface area contributed by atoms with E-state index in [4.69, 9.17) is 0 Å². The molecule has 2 amide bonds. The summed E-state index contributed by atoms with van der Waals surface area (Å²) in [5, 5.41) is 3.05. The summed E-state index contributed by atoms with van der Waals surface area (Å²) in [6, 6.07) is 5.94. The van der Waals surface area contributed by atoms with Crippen LogP contribution in [-0.4, -0.2) is 42.9 Å². The van der Waals surface area contributed by atoms with Gasteiger partial charge in [0, 0.05) is 44.0 Å². The minimum Gasteiger partial charge on any atom is -0.371 e. The second-order valence-electron chi connectivity index (χ2n) is 9.82. The Kier molecular flexibility index (Phi) is 9.89. The number of amides is 2. The van der Waals surface area contributed by atoms with E-state index >= 15 is 0 Å². The quantitative estimate of drug-likeness (QED) is 0.437. The average Bonchev–Trinajstić information content (AvgIpc) is 2.82. The number of carbonyl (C=O) groups excluding carboxylic acids is 2. The molecule has 0 aliphatic carbocycles. The van der Waals surface area contributed by atoms with Gasteiger partial charge in [-0.25, -0.2) is 0 Å². The van der Waals surface area contributed by atoms with Gasteiger partial charge in [-0.2, -0.15) is 0 Å². The van der Waals surface area contributed by atoms with Crippen LogP contribution in [0.5, 0.6) is 0 Å². The van der Waals surface area contributed by atoms with Crippen molar-refractivity contribution < 1.29 is 9.59 Å². The van der Waals surface area contributed by atoms with E-state index in [2.05, 4.69) is 24.1 Å². The lowest BCUT2D eigenvalue weighted by molar-refractivity contribution is -0.116. The van der Waals surface area contributed by atoms with Crippen LogP contribution >= 0.6 is 0 Å². The van der Waals surface area contributed by atoms with Crippen LogP contribution in [0, 0.1) is 5.92 Å². The molecule has 2 fully saturated rings. The highest BCUT2D eigenvalue weighted by atomic mass is 16.2. The number of rotatable bonds is 10. The summed E-state index contributed by atoms with van der Waals surface area (Å²) in [6.45, 7) is 8.14. The van der Waals surface area contributed by atoms with Gasteiger partial charge in [0.2, 0.25) is 5.91 Å². The Hall–Kier alpha value is -2.04. The topological polar surface area (TPSA) is 52.7 Å². The first-order valence-electron chi connectivity index (χ1n) is 13.1. The largest absolute Gasteiger partial charge is 0.371 e. The van der Waals surface area contributed by atoms with Crippen LogP contribution in [0.25, 0.3) is 0 Å². The molecule has 2 saturated heterocycles. The first-order chi connectivity index (χ1) is 15.6. The van der Waals surface area contributed by atoms with Gasteiger partial charge in [-0.05, 0) is 62.6 Å². The molecule has 0 aromatic heterocycles. The molecule has 2 aliphatic rings. The number of hydrogen-bond donors (Lipinski definition) is 1. The van der Waals surface area contributed by atoms with Crippen LogP contribution in [0.1, 0.15) is 101 Å². The lowest BCUT2D eigenvalue weighted by Gasteiger charge is -2.34. The summed E-state index contributed by atoms with van der Waals surface area (Å²) in [4.78, 5) is 30.3. The number of anilines is 2. The van der Waals surface area contributed by atoms with E-state index in [1.54, 1.807) is 0 Å². The number of hydrogen-bond acceptors (Lipinski definition) is 3. The monoisotopic (exact) mass is 441 g/mol. The molecule has 0 saturated carbocycles. The van der Waals surface area contributed by atoms with Crippen LogP contribution in [0.15, 0.2) is 18.2 Å². The highest BCUT2D eigenvalue weighted by Gasteiger charge is 2.26. The van der Waals surface area contributed by atoms with Crippen molar-refractivity contribution in [1.82, 2.24) is 4.90 Å². The Bertz CT molecular complexity index is 734. The second kappa shape index (κ2) is 12.9. The highest BCUT2D eigenvalue weighted by Crippen LogP contribution is 2.30. The lowest BCUT2D eigenvalue weighted by Crippen LogP contribution is -2.39. The number of carbonyl (C=O) groups is 2. The molecule has 0 spiro atoms. The summed E-state index contributed by atoms with van der Waals surface area (Å²) in [5.74, 6) is 0.856. The van der Waals surface area contributed by atoms with Crippen molar-refractivity contribution in [3.8, 4) is 0 Å². The van der Waals surface area contributed by atoms with Crippen LogP contribution < -0.4 is 10.2 Å². The van der Waals surface area contributed by atoms with Crippen molar-refractivity contribution in [2.75, 3.05) is 36.4 Å². The van der Waals surface area contributed by atoms with E-state index in [0.29, 0.717) is 12.3 Å². The van der Waals surface area contributed by atoms with Crippen LogP contribution in [0.4, 0.5) is 11.4 Å². The Morgan fingerprint density at radius 2 is 1.62 bits per heavy atom. The Labute approximate surface area is 194 Å². The first kappa shape index (κ1) is 24.6. The van der Waals surface area contributed by atoms with E-state index in [9.17, 15) is 9.59 Å². The molecule has 0 unspecified atom stereocenters. The number of likely N-dealkylation sites (tertiary alicyclic amines) is 1. The van der Waals surface area contributed by atoms with E-state index in [-0.39, 0.29) is 11.8 Å². The maximum atomic E-state index is 13.5. The molecule has 1 N–H and O–H groups in total. The van der Waals surface area contributed by atoms with E-state index in [0.717, 1.165) is 68.8 Å². The fraction of sp³-hybridized carbons (Fsp3) is 0.704. The summed E-state index contributed by atoms with van der Waals surface area (Å²) < 4.78 is 0. The maximum absolute atomic E-state index is 13.5. The van der Waals surface area contributed by atoms with E-state index in [1.807, 2.05) is 23.1 Å². The van der Waals surface area contributed by atoms with Crippen molar-refractivity contribution in [2.45, 2.75) is 90.9 Å². The summed E-state index contributed by atoms with van der Waals surface area (Å²) in [5.41, 5.74) is 2.52. The summed E-state index contributed by atoms with van der Waals surface area (Å²) in [6.07, 6.45) is 13.3. The SMILES string of the molecule is CCCCCCCCC(=O)Nc1ccc(N2CCCCC2)c(C(=O)N2CCC(C)CC2)c1. The van der Waals surface area contributed by atoms with Crippen LogP contribution in [0.2, 0.25) is 0 Å². The molecular weight excluding hydrogens is 398 g/mol. The van der Waals surface area contributed by atoms with Crippen LogP contribution in [0.3, 0.4) is 0 Å². The fourth-order valence-corrected chi connectivity index (χ4v) is 4.87. The van der Waals surface area contributed by atoms with Crippen molar-refractivity contribution >= 4 is 23.2 Å². The standard InChI is InChI=1S/C27H43N3O2/c1-3-4-5-6-7-9-12-26(31)28-23-13-14-25(29-17-10-8-11-18-29)24(21-23)27(32)30-19-15-22(2)16-20-30/h13-14,21-22H,3-12,15-20H2,1-2H3,(H,28,31). The molecule has 2 aliphatic heterocycles. The van der Waals surface area contributed by atoms with Gasteiger partial charge in [0.15, 0.2) is 0 Å². The third-order valence-corrected chi connectivity index (χ3v) is 7.04. The third-order valence-electron chi connectivity index (χ3n) is 7.04. The molecular formula is C27H43N3O2. The highest BCUT2D eigenvalue weighted by molar-refractivity contribution is 6.02. The van der Waals surface area contributed by atoms with Gasteiger partial charge in [-0.3, -0.25) is 9.59 Å². The molecule has 0 bridgehead atoms. The van der Waals surface area contributed by atoms with Crippen molar-refractivity contribution in [2.24, 2.45) is 5.92 Å². The predicted molar refractivity (Wildman–Crippen MR) is 133 cm³/mol. The number of piperidine rings is 2. The zero-order valence-electron chi connectivity index (χ0n) is 20.3. The minimum absolute atomic E-state index is 0.0522. The molecule has 32 heavy (non-hydrogen) atoms. The van der Waals surface area contributed by atoms with Gasteiger partial charge in [0.05, 0.1) is 5.56 Å². The second-order valence-corrected chi connectivity index (χ2v) is 9.82. The number of nitrogens with zero attached hydrogens (tertiary/aromatic N) is 2. The number of benzene rings is 1. The third kappa shape index (κ3) is 7.25. The molecule has 0 atom stereocenters. The molecule has 1 aromatic rings. The number of unbranched alkanes of at least 4 members (excludes halogenated alkanes) is 5. The Morgan fingerprint density at radius 3 is 2.34 bits per heavy atom. The van der Waals surface area contributed by atoms with Crippen LogP contribution in [-0.2, 0) is 4.79 Å². The summed E-state index contributed by atoms with van der Waals surface area (Å²) in [7, 11) is 0. The molecule has 2 heterocycles. The predicted octanol–water partition coefficient (Wildman–Crippen LogP) is 6.24. The molecule has 5 heteroatoms. The Balaban J connectivity index is 1.66. The smallest absolute Gasteiger partial charge is 0.256 e. The average molecular weight is 442 g/mol. The van der Waals surface area contributed by atoms with Crippen molar-refractivity contribution in [1.29, 1.82) is 0 Å². The van der Waals surface area contributed by atoms with Gasteiger partial charge < -0.3 is 15.1 Å². The molecule has 1 aromatic carbocycles. The molecule has 178 valence electrons. The first-order valence-corrected chi connectivity index (χ1v) is 13.1. The van der Waals surface area contributed by atoms with Crippen molar-refractivity contribution in [3.63, 3.8) is 0 Å².